The van der Waals surface area contributed by atoms with E-state index < -0.39 is 12.3 Å². The van der Waals surface area contributed by atoms with Crippen molar-refractivity contribution in [2.75, 3.05) is 14.2 Å². The summed E-state index contributed by atoms with van der Waals surface area (Å²) in [5, 5.41) is 0. The van der Waals surface area contributed by atoms with Gasteiger partial charge in [-0.15, -0.1) is 0 Å². The van der Waals surface area contributed by atoms with Crippen LogP contribution in [0.5, 0.6) is 5.75 Å². The van der Waals surface area contributed by atoms with Crippen molar-refractivity contribution in [1.82, 2.24) is 0 Å². The molecule has 22 heavy (non-hydrogen) atoms. The highest BCUT2D eigenvalue weighted by Gasteiger charge is 2.22. The minimum atomic E-state index is -1.14. The maximum absolute atomic E-state index is 12.5. The fraction of sp³-hybridized carbons (Fsp3) is 0.176. The lowest BCUT2D eigenvalue weighted by molar-refractivity contribution is -0.174. The Balaban J connectivity index is 2.28. The van der Waals surface area contributed by atoms with Gasteiger partial charge in [0.25, 0.3) is 6.29 Å². The molecule has 0 saturated carbocycles. The minimum Gasteiger partial charge on any atom is -0.422 e. The molecule has 0 unspecified atom stereocenters. The van der Waals surface area contributed by atoms with Crippen molar-refractivity contribution in [3.05, 3.63) is 65.7 Å². The molecule has 114 valence electrons. The smallest absolute Gasteiger partial charge is 0.368 e. The van der Waals surface area contributed by atoms with E-state index in [1.807, 2.05) is 6.07 Å². The van der Waals surface area contributed by atoms with Gasteiger partial charge in [-0.2, -0.15) is 0 Å². The van der Waals surface area contributed by atoms with Gasteiger partial charge in [-0.05, 0) is 12.1 Å². The molecule has 2 rings (SSSR count). The third-order valence-electron chi connectivity index (χ3n) is 3.00. The number of carbonyl (C=O) groups is 2. The third-order valence-corrected chi connectivity index (χ3v) is 3.00. The summed E-state index contributed by atoms with van der Waals surface area (Å²) in [6.45, 7) is 0. The number of ether oxygens (including phenoxy) is 3. The predicted molar refractivity (Wildman–Crippen MR) is 79.8 cm³/mol. The fourth-order valence-electron chi connectivity index (χ4n) is 1.93. The molecule has 2 aromatic carbocycles. The third kappa shape index (κ3) is 3.58. The first-order valence-electron chi connectivity index (χ1n) is 6.63. The summed E-state index contributed by atoms with van der Waals surface area (Å²) in [5.74, 6) is -0.783. The van der Waals surface area contributed by atoms with E-state index in [4.69, 9.17) is 14.2 Å². The summed E-state index contributed by atoms with van der Waals surface area (Å²) in [4.78, 5) is 24.4. The van der Waals surface area contributed by atoms with Crippen LogP contribution in [-0.2, 0) is 14.3 Å². The second kappa shape index (κ2) is 7.49. The number of para-hydroxylation sites is 1. The van der Waals surface area contributed by atoms with Crippen molar-refractivity contribution in [2.45, 2.75) is 6.29 Å². The molecule has 0 aromatic heterocycles. The molecule has 0 atom stereocenters. The Morgan fingerprint density at radius 1 is 0.864 bits per heavy atom. The van der Waals surface area contributed by atoms with E-state index in [0.29, 0.717) is 11.1 Å². The van der Waals surface area contributed by atoms with Crippen LogP contribution in [0.3, 0.4) is 0 Å². The van der Waals surface area contributed by atoms with Gasteiger partial charge in [0.15, 0.2) is 5.78 Å². The molecule has 0 N–H and O–H groups in total. The first kappa shape index (κ1) is 15.9. The molecular formula is C17H16O5. The number of hydrogen-bond donors (Lipinski definition) is 0. The van der Waals surface area contributed by atoms with E-state index >= 15 is 0 Å². The summed E-state index contributed by atoms with van der Waals surface area (Å²) in [7, 11) is 2.66. The SMILES string of the molecule is COC(OC)C(=O)Oc1ccccc1C(=O)c1ccccc1. The predicted octanol–water partition coefficient (Wildman–Crippen LogP) is 2.44. The van der Waals surface area contributed by atoms with Crippen molar-refractivity contribution in [2.24, 2.45) is 0 Å². The Hall–Kier alpha value is -2.50. The number of esters is 1. The Morgan fingerprint density at radius 3 is 2.09 bits per heavy atom. The van der Waals surface area contributed by atoms with Crippen molar-refractivity contribution < 1.29 is 23.8 Å². The van der Waals surface area contributed by atoms with Crippen molar-refractivity contribution in [3.8, 4) is 5.75 Å². The molecule has 2 aromatic rings. The summed E-state index contributed by atoms with van der Waals surface area (Å²) >= 11 is 0. The van der Waals surface area contributed by atoms with Gasteiger partial charge in [0, 0.05) is 19.8 Å². The molecule has 0 heterocycles. The van der Waals surface area contributed by atoms with Gasteiger partial charge >= 0.3 is 5.97 Å². The van der Waals surface area contributed by atoms with Gasteiger partial charge < -0.3 is 14.2 Å². The minimum absolute atomic E-state index is 0.167. The van der Waals surface area contributed by atoms with Crippen LogP contribution in [0.2, 0.25) is 0 Å². The number of ketones is 1. The summed E-state index contributed by atoms with van der Waals surface area (Å²) < 4.78 is 14.9. The van der Waals surface area contributed by atoms with Crippen molar-refractivity contribution >= 4 is 11.8 Å². The molecule has 0 saturated heterocycles. The second-order valence-electron chi connectivity index (χ2n) is 4.42. The maximum Gasteiger partial charge on any atom is 0.368 e. The molecule has 0 spiro atoms. The highest BCUT2D eigenvalue weighted by atomic mass is 16.7. The molecule has 0 aliphatic carbocycles. The summed E-state index contributed by atoms with van der Waals surface area (Å²) in [6.07, 6.45) is -1.14. The first-order valence-corrected chi connectivity index (χ1v) is 6.63. The van der Waals surface area contributed by atoms with E-state index in [1.165, 1.54) is 14.2 Å². The van der Waals surface area contributed by atoms with Gasteiger partial charge in [0.1, 0.15) is 5.75 Å². The van der Waals surface area contributed by atoms with Crippen LogP contribution in [0.4, 0.5) is 0 Å². The van der Waals surface area contributed by atoms with Crippen LogP contribution in [0.25, 0.3) is 0 Å². The number of benzene rings is 2. The number of rotatable bonds is 6. The molecule has 5 heteroatoms. The van der Waals surface area contributed by atoms with Crippen LogP contribution >= 0.6 is 0 Å². The van der Waals surface area contributed by atoms with Gasteiger partial charge in [0.05, 0.1) is 5.56 Å². The second-order valence-corrected chi connectivity index (χ2v) is 4.42. The van der Waals surface area contributed by atoms with Gasteiger partial charge in [0.2, 0.25) is 0 Å². The molecule has 0 fully saturated rings. The van der Waals surface area contributed by atoms with Gasteiger partial charge in [-0.3, -0.25) is 4.79 Å². The number of methoxy groups -OCH3 is 2. The zero-order valence-corrected chi connectivity index (χ0v) is 12.3. The highest BCUT2D eigenvalue weighted by Crippen LogP contribution is 2.22. The topological polar surface area (TPSA) is 61.8 Å². The normalized spacial score (nSPS) is 10.5. The molecule has 0 bridgehead atoms. The quantitative estimate of drug-likeness (QED) is 0.355. The number of hydrogen-bond acceptors (Lipinski definition) is 5. The monoisotopic (exact) mass is 300 g/mol. The largest absolute Gasteiger partial charge is 0.422 e. The van der Waals surface area contributed by atoms with Crippen LogP contribution in [-0.4, -0.2) is 32.3 Å². The molecule has 0 aliphatic rings. The lowest BCUT2D eigenvalue weighted by Gasteiger charge is -2.14. The van der Waals surface area contributed by atoms with Gasteiger partial charge in [-0.25, -0.2) is 4.79 Å². The molecule has 0 radical (unpaired) electrons. The zero-order valence-electron chi connectivity index (χ0n) is 12.3. The zero-order chi connectivity index (χ0) is 15.9. The maximum atomic E-state index is 12.5. The lowest BCUT2D eigenvalue weighted by atomic mass is 10.0. The highest BCUT2D eigenvalue weighted by molar-refractivity contribution is 6.11. The lowest BCUT2D eigenvalue weighted by Crippen LogP contribution is -2.29. The molecular weight excluding hydrogens is 284 g/mol. The van der Waals surface area contributed by atoms with Crippen LogP contribution in [0, 0.1) is 0 Å². The molecule has 0 amide bonds. The standard InChI is InChI=1S/C17H16O5/c1-20-17(21-2)16(19)22-14-11-7-6-10-13(14)15(18)12-8-4-3-5-9-12/h3-11,17H,1-2H3. The summed E-state index contributed by atoms with van der Waals surface area (Å²) in [6, 6.07) is 15.3. The Kier molecular flexibility index (Phi) is 5.41. The fourth-order valence-corrected chi connectivity index (χ4v) is 1.93. The van der Waals surface area contributed by atoms with E-state index in [2.05, 4.69) is 0 Å². The summed E-state index contributed by atoms with van der Waals surface area (Å²) in [5.41, 5.74) is 0.814. The first-order chi connectivity index (χ1) is 10.7. The molecule has 5 nitrogen and oxygen atoms in total. The Morgan fingerprint density at radius 2 is 1.45 bits per heavy atom. The number of carbonyl (C=O) groups excluding carboxylic acids is 2. The van der Waals surface area contributed by atoms with Crippen LogP contribution in [0.15, 0.2) is 54.6 Å². The van der Waals surface area contributed by atoms with Crippen molar-refractivity contribution in [3.63, 3.8) is 0 Å². The van der Waals surface area contributed by atoms with E-state index in [0.717, 1.165) is 0 Å². The average molecular weight is 300 g/mol. The van der Waals surface area contributed by atoms with Crippen LogP contribution in [0.1, 0.15) is 15.9 Å². The van der Waals surface area contributed by atoms with Crippen LogP contribution < -0.4 is 4.74 Å². The van der Waals surface area contributed by atoms with E-state index in [1.54, 1.807) is 48.5 Å². The molecule has 0 aliphatic heterocycles. The van der Waals surface area contributed by atoms with E-state index in [-0.39, 0.29) is 11.5 Å². The average Bonchev–Trinajstić information content (AvgIpc) is 2.56. The Labute approximate surface area is 128 Å². The van der Waals surface area contributed by atoms with Crippen molar-refractivity contribution in [1.29, 1.82) is 0 Å². The van der Waals surface area contributed by atoms with E-state index in [9.17, 15) is 9.59 Å². The Bertz CT molecular complexity index is 647. The van der Waals surface area contributed by atoms with Gasteiger partial charge in [-0.1, -0.05) is 42.5 Å².